The number of carbonyl (C=O) groups is 2. The molecule has 6 nitrogen and oxygen atoms in total. The number of hydrogen-bond donors (Lipinski definition) is 1. The summed E-state index contributed by atoms with van der Waals surface area (Å²) < 4.78 is 11.3. The predicted octanol–water partition coefficient (Wildman–Crippen LogP) is 6.61. The number of hydrogen-bond acceptors (Lipinski definition) is 5. The zero-order valence-electron chi connectivity index (χ0n) is 18.8. The second-order valence-corrected chi connectivity index (χ2v) is 9.08. The summed E-state index contributed by atoms with van der Waals surface area (Å²) in [5, 5.41) is 9.74. The molecule has 0 aliphatic rings. The van der Waals surface area contributed by atoms with Gasteiger partial charge in [0.2, 0.25) is 5.89 Å². The SMILES string of the molecule is Cc1cc(C(=O)C(C)Cc2nc(-c3ccc(Cl)cc3Cl)oc2C(C)C)ccc1OCC(=O)O. The van der Waals surface area contributed by atoms with Gasteiger partial charge in [0.25, 0.3) is 0 Å². The minimum absolute atomic E-state index is 0.0494. The zero-order chi connectivity index (χ0) is 24.3. The molecule has 0 radical (unpaired) electrons. The van der Waals surface area contributed by atoms with Crippen LogP contribution in [0, 0.1) is 12.8 Å². The minimum atomic E-state index is -1.06. The predicted molar refractivity (Wildman–Crippen MR) is 128 cm³/mol. The van der Waals surface area contributed by atoms with Crippen LogP contribution in [-0.2, 0) is 11.2 Å². The first-order chi connectivity index (χ1) is 15.6. The number of benzene rings is 2. The molecule has 0 spiro atoms. The molecule has 174 valence electrons. The van der Waals surface area contributed by atoms with Crippen LogP contribution >= 0.6 is 23.2 Å². The molecule has 33 heavy (non-hydrogen) atoms. The lowest BCUT2D eigenvalue weighted by Gasteiger charge is -2.13. The Balaban J connectivity index is 1.82. The minimum Gasteiger partial charge on any atom is -0.482 e. The lowest BCUT2D eigenvalue weighted by atomic mass is 9.92. The number of carbonyl (C=O) groups excluding carboxylic acids is 1. The van der Waals surface area contributed by atoms with Gasteiger partial charge in [0.05, 0.1) is 16.3 Å². The summed E-state index contributed by atoms with van der Waals surface area (Å²) in [5.74, 6) is 0.149. The van der Waals surface area contributed by atoms with Crippen LogP contribution in [0.15, 0.2) is 40.8 Å². The Kier molecular flexibility index (Phi) is 7.82. The average molecular weight is 490 g/mol. The Hall–Kier alpha value is -2.83. The molecule has 0 saturated carbocycles. The van der Waals surface area contributed by atoms with Crippen molar-refractivity contribution in [2.75, 3.05) is 6.61 Å². The first-order valence-corrected chi connectivity index (χ1v) is 11.3. The van der Waals surface area contributed by atoms with Crippen molar-refractivity contribution in [3.05, 3.63) is 69.0 Å². The molecule has 1 aromatic heterocycles. The number of nitrogens with zero attached hydrogens (tertiary/aromatic N) is 1. The van der Waals surface area contributed by atoms with Crippen molar-refractivity contribution in [3.63, 3.8) is 0 Å². The highest BCUT2D eigenvalue weighted by atomic mass is 35.5. The molecule has 0 saturated heterocycles. The van der Waals surface area contributed by atoms with E-state index in [2.05, 4.69) is 4.98 Å². The highest BCUT2D eigenvalue weighted by Crippen LogP contribution is 2.34. The second kappa shape index (κ2) is 10.4. The molecule has 1 atom stereocenters. The highest BCUT2D eigenvalue weighted by Gasteiger charge is 2.24. The molecule has 8 heteroatoms. The largest absolute Gasteiger partial charge is 0.482 e. The summed E-state index contributed by atoms with van der Waals surface area (Å²) >= 11 is 12.3. The van der Waals surface area contributed by atoms with Crippen LogP contribution in [0.1, 0.15) is 54.1 Å². The van der Waals surface area contributed by atoms with Gasteiger partial charge in [0, 0.05) is 28.8 Å². The van der Waals surface area contributed by atoms with E-state index in [1.54, 1.807) is 43.3 Å². The third-order valence-corrected chi connectivity index (χ3v) is 5.72. The molecular weight excluding hydrogens is 465 g/mol. The molecule has 0 aliphatic carbocycles. The molecule has 0 fully saturated rings. The summed E-state index contributed by atoms with van der Waals surface area (Å²) in [7, 11) is 0. The number of oxazole rings is 1. The number of aliphatic carboxylic acids is 1. The molecule has 0 aliphatic heterocycles. The van der Waals surface area contributed by atoms with E-state index in [0.717, 1.165) is 0 Å². The third kappa shape index (κ3) is 5.95. The summed E-state index contributed by atoms with van der Waals surface area (Å²) in [4.78, 5) is 28.5. The molecule has 2 aromatic carbocycles. The van der Waals surface area contributed by atoms with Crippen LogP contribution in [0.3, 0.4) is 0 Å². The van der Waals surface area contributed by atoms with Crippen molar-refractivity contribution in [1.29, 1.82) is 0 Å². The van der Waals surface area contributed by atoms with Crippen LogP contribution in [0.4, 0.5) is 0 Å². The van der Waals surface area contributed by atoms with E-state index in [-0.39, 0.29) is 17.6 Å². The van der Waals surface area contributed by atoms with Gasteiger partial charge in [-0.2, -0.15) is 0 Å². The van der Waals surface area contributed by atoms with Crippen molar-refractivity contribution in [2.45, 2.75) is 40.0 Å². The molecule has 1 heterocycles. The van der Waals surface area contributed by atoms with E-state index in [9.17, 15) is 9.59 Å². The van der Waals surface area contributed by atoms with Gasteiger partial charge in [0.1, 0.15) is 11.5 Å². The van der Waals surface area contributed by atoms with Crippen LogP contribution in [0.5, 0.6) is 5.75 Å². The normalized spacial score (nSPS) is 12.1. The zero-order valence-corrected chi connectivity index (χ0v) is 20.3. The Morgan fingerprint density at radius 2 is 1.85 bits per heavy atom. The molecule has 3 rings (SSSR count). The maximum absolute atomic E-state index is 13.1. The summed E-state index contributed by atoms with van der Waals surface area (Å²) in [5.41, 5.74) is 2.57. The van der Waals surface area contributed by atoms with Gasteiger partial charge in [-0.1, -0.05) is 44.0 Å². The van der Waals surface area contributed by atoms with Crippen LogP contribution in [0.2, 0.25) is 10.0 Å². The quantitative estimate of drug-likeness (QED) is 0.340. The van der Waals surface area contributed by atoms with E-state index in [1.807, 2.05) is 20.8 Å². The summed E-state index contributed by atoms with van der Waals surface area (Å²) in [6, 6.07) is 10.1. The smallest absolute Gasteiger partial charge is 0.341 e. The number of Topliss-reactive ketones (excluding diaryl/α,β-unsaturated/α-hetero) is 1. The molecule has 1 unspecified atom stereocenters. The summed E-state index contributed by atoms with van der Waals surface area (Å²) in [6.45, 7) is 7.19. The highest BCUT2D eigenvalue weighted by molar-refractivity contribution is 6.36. The van der Waals surface area contributed by atoms with E-state index in [1.165, 1.54) is 0 Å². The number of carboxylic acid groups (broad SMARTS) is 1. The second-order valence-electron chi connectivity index (χ2n) is 8.24. The van der Waals surface area contributed by atoms with Crippen LogP contribution < -0.4 is 4.74 Å². The number of ketones is 1. The van der Waals surface area contributed by atoms with Crippen molar-refractivity contribution in [3.8, 4) is 17.2 Å². The molecule has 3 aromatic rings. The van der Waals surface area contributed by atoms with Gasteiger partial charge in [-0.15, -0.1) is 0 Å². The number of aryl methyl sites for hydroxylation is 1. The number of halogens is 2. The average Bonchev–Trinajstić information content (AvgIpc) is 3.15. The number of ether oxygens (including phenoxy) is 1. The van der Waals surface area contributed by atoms with E-state index < -0.39 is 12.6 Å². The number of rotatable bonds is 9. The van der Waals surface area contributed by atoms with Gasteiger partial charge in [0.15, 0.2) is 12.4 Å². The number of aromatic nitrogens is 1. The van der Waals surface area contributed by atoms with Gasteiger partial charge in [-0.05, 0) is 48.9 Å². The standard InChI is InChI=1S/C25H25Cl2NO5/c1-13(2)24-20(28-25(33-24)18-7-6-17(26)11-19(18)27)10-15(4)23(31)16-5-8-21(14(3)9-16)32-12-22(29)30/h5-9,11,13,15H,10,12H2,1-4H3,(H,29,30). The van der Waals surface area contributed by atoms with Crippen molar-refractivity contribution in [1.82, 2.24) is 4.98 Å². The van der Waals surface area contributed by atoms with Crippen molar-refractivity contribution in [2.24, 2.45) is 5.92 Å². The fourth-order valence-electron chi connectivity index (χ4n) is 3.51. The van der Waals surface area contributed by atoms with Gasteiger partial charge < -0.3 is 14.3 Å². The Morgan fingerprint density at radius 3 is 2.45 bits per heavy atom. The fraction of sp³-hybridized carbons (Fsp3) is 0.320. The van der Waals surface area contributed by atoms with E-state index in [0.29, 0.717) is 56.3 Å². The lowest BCUT2D eigenvalue weighted by Crippen LogP contribution is -2.16. The van der Waals surface area contributed by atoms with Crippen LogP contribution in [0.25, 0.3) is 11.5 Å². The Morgan fingerprint density at radius 1 is 1.12 bits per heavy atom. The van der Waals surface area contributed by atoms with E-state index >= 15 is 0 Å². The molecule has 0 amide bonds. The summed E-state index contributed by atoms with van der Waals surface area (Å²) in [6.07, 6.45) is 0.400. The van der Waals surface area contributed by atoms with Crippen molar-refractivity contribution < 1.29 is 23.8 Å². The number of carboxylic acids is 1. The lowest BCUT2D eigenvalue weighted by molar-refractivity contribution is -0.139. The molecule has 0 bridgehead atoms. The van der Waals surface area contributed by atoms with Gasteiger partial charge in [-0.3, -0.25) is 4.79 Å². The van der Waals surface area contributed by atoms with Crippen LogP contribution in [-0.4, -0.2) is 28.4 Å². The Bertz CT molecular complexity index is 1190. The molecule has 1 N–H and O–H groups in total. The third-order valence-electron chi connectivity index (χ3n) is 5.17. The molecular formula is C25H25Cl2NO5. The monoisotopic (exact) mass is 489 g/mol. The first kappa shape index (κ1) is 24.8. The van der Waals surface area contributed by atoms with E-state index in [4.69, 9.17) is 37.5 Å². The topological polar surface area (TPSA) is 89.6 Å². The van der Waals surface area contributed by atoms with Gasteiger partial charge >= 0.3 is 5.97 Å². The Labute approximate surface area is 202 Å². The first-order valence-electron chi connectivity index (χ1n) is 10.5. The maximum atomic E-state index is 13.1. The van der Waals surface area contributed by atoms with Crippen molar-refractivity contribution >= 4 is 35.0 Å². The fourth-order valence-corrected chi connectivity index (χ4v) is 4.00. The van der Waals surface area contributed by atoms with Gasteiger partial charge in [-0.25, -0.2) is 9.78 Å². The maximum Gasteiger partial charge on any atom is 0.341 e.